The number of benzene rings is 3. The van der Waals surface area contributed by atoms with Crippen LogP contribution in [-0.2, 0) is 6.42 Å². The summed E-state index contributed by atoms with van der Waals surface area (Å²) in [5.41, 5.74) is 2.07. The zero-order valence-corrected chi connectivity index (χ0v) is 13.0. The van der Waals surface area contributed by atoms with Crippen molar-refractivity contribution in [3.05, 3.63) is 83.2 Å². The zero-order valence-electron chi connectivity index (χ0n) is 12.2. The van der Waals surface area contributed by atoms with E-state index in [-0.39, 0.29) is 0 Å². The Morgan fingerprint density at radius 2 is 1.65 bits per heavy atom. The molecule has 0 bridgehead atoms. The molecule has 0 amide bonds. The van der Waals surface area contributed by atoms with E-state index < -0.39 is 0 Å². The summed E-state index contributed by atoms with van der Waals surface area (Å²) in [6.45, 7) is 0. The Balaban J connectivity index is 1.66. The van der Waals surface area contributed by atoms with E-state index in [1.807, 2.05) is 42.5 Å². The average Bonchev–Trinajstić information content (AvgIpc) is 3.04. The second kappa shape index (κ2) is 5.86. The van der Waals surface area contributed by atoms with Gasteiger partial charge in [-0.05, 0) is 40.6 Å². The van der Waals surface area contributed by atoms with Crippen LogP contribution in [0.2, 0.25) is 5.02 Å². The van der Waals surface area contributed by atoms with Crippen LogP contribution < -0.4 is 0 Å². The quantitative estimate of drug-likeness (QED) is 0.525. The van der Waals surface area contributed by atoms with Gasteiger partial charge in [0, 0.05) is 10.6 Å². The first kappa shape index (κ1) is 14.0. The molecule has 112 valence electrons. The summed E-state index contributed by atoms with van der Waals surface area (Å²) in [7, 11) is 0. The first-order valence-electron chi connectivity index (χ1n) is 7.35. The minimum atomic E-state index is 0.580. The van der Waals surface area contributed by atoms with Gasteiger partial charge in [0.05, 0.1) is 6.42 Å². The molecule has 4 heteroatoms. The topological polar surface area (TPSA) is 38.9 Å². The highest BCUT2D eigenvalue weighted by Crippen LogP contribution is 2.23. The molecule has 0 fully saturated rings. The molecule has 0 saturated heterocycles. The molecule has 3 nitrogen and oxygen atoms in total. The van der Waals surface area contributed by atoms with Crippen LogP contribution in [0.25, 0.3) is 22.2 Å². The third-order valence-corrected chi connectivity index (χ3v) is 4.04. The summed E-state index contributed by atoms with van der Waals surface area (Å²) in [5.74, 6) is 1.18. The van der Waals surface area contributed by atoms with Crippen LogP contribution >= 0.6 is 11.6 Å². The molecule has 0 saturated carbocycles. The average molecular weight is 321 g/mol. The van der Waals surface area contributed by atoms with Crippen LogP contribution in [0.1, 0.15) is 11.5 Å². The van der Waals surface area contributed by atoms with Crippen molar-refractivity contribution in [2.45, 2.75) is 6.42 Å². The van der Waals surface area contributed by atoms with Gasteiger partial charge in [0.15, 0.2) is 0 Å². The van der Waals surface area contributed by atoms with E-state index in [4.69, 9.17) is 16.1 Å². The van der Waals surface area contributed by atoms with Gasteiger partial charge in [0.1, 0.15) is 0 Å². The van der Waals surface area contributed by atoms with Gasteiger partial charge in [-0.2, -0.15) is 4.98 Å². The highest BCUT2D eigenvalue weighted by molar-refractivity contribution is 6.30. The summed E-state index contributed by atoms with van der Waals surface area (Å²) in [6.07, 6.45) is 0.613. The Morgan fingerprint density at radius 1 is 0.870 bits per heavy atom. The third kappa shape index (κ3) is 2.83. The molecule has 0 aliphatic heterocycles. The molecule has 0 radical (unpaired) electrons. The number of halogens is 1. The van der Waals surface area contributed by atoms with Crippen molar-refractivity contribution in [2.75, 3.05) is 0 Å². The van der Waals surface area contributed by atoms with Crippen LogP contribution in [0.3, 0.4) is 0 Å². The van der Waals surface area contributed by atoms with E-state index in [2.05, 4.69) is 34.4 Å². The maximum absolute atomic E-state index is 5.90. The Kier molecular flexibility index (Phi) is 3.56. The van der Waals surface area contributed by atoms with E-state index in [0.29, 0.717) is 23.2 Å². The molecule has 1 aromatic heterocycles. The molecule has 0 N–H and O–H groups in total. The normalized spacial score (nSPS) is 11.0. The number of nitrogens with zero attached hydrogens (tertiary/aromatic N) is 2. The molecule has 0 spiro atoms. The van der Waals surface area contributed by atoms with E-state index in [1.54, 1.807) is 0 Å². The summed E-state index contributed by atoms with van der Waals surface area (Å²) >= 11 is 5.90. The van der Waals surface area contributed by atoms with Crippen molar-refractivity contribution in [2.24, 2.45) is 0 Å². The number of aromatic nitrogens is 2. The van der Waals surface area contributed by atoms with E-state index in [9.17, 15) is 0 Å². The van der Waals surface area contributed by atoms with Gasteiger partial charge < -0.3 is 4.52 Å². The van der Waals surface area contributed by atoms with Crippen LogP contribution in [0, 0.1) is 0 Å². The molecule has 0 unspecified atom stereocenters. The molecular weight excluding hydrogens is 308 g/mol. The first-order chi connectivity index (χ1) is 11.3. The monoisotopic (exact) mass is 320 g/mol. The SMILES string of the molecule is Clc1ccc(-c2noc(Cc3cccc4ccccc34)n2)cc1. The number of rotatable bonds is 3. The smallest absolute Gasteiger partial charge is 0.231 e. The van der Waals surface area contributed by atoms with Gasteiger partial charge >= 0.3 is 0 Å². The molecule has 4 rings (SSSR count). The minimum Gasteiger partial charge on any atom is -0.339 e. The van der Waals surface area contributed by atoms with Crippen molar-refractivity contribution in [3.8, 4) is 11.4 Å². The second-order valence-electron chi connectivity index (χ2n) is 5.33. The van der Waals surface area contributed by atoms with E-state index >= 15 is 0 Å². The molecule has 4 aromatic rings. The summed E-state index contributed by atoms with van der Waals surface area (Å²) < 4.78 is 5.41. The number of fused-ring (bicyclic) bond motifs is 1. The summed E-state index contributed by atoms with van der Waals surface area (Å²) in [6, 6.07) is 21.9. The summed E-state index contributed by atoms with van der Waals surface area (Å²) in [4.78, 5) is 4.49. The molecule has 0 aliphatic rings. The van der Waals surface area contributed by atoms with Gasteiger partial charge in [0.2, 0.25) is 11.7 Å². The van der Waals surface area contributed by atoms with Crippen molar-refractivity contribution in [1.29, 1.82) is 0 Å². The second-order valence-corrected chi connectivity index (χ2v) is 5.77. The van der Waals surface area contributed by atoms with Crippen LogP contribution in [0.15, 0.2) is 71.3 Å². The van der Waals surface area contributed by atoms with Crippen molar-refractivity contribution >= 4 is 22.4 Å². The van der Waals surface area contributed by atoms with E-state index in [0.717, 1.165) is 5.56 Å². The molecular formula is C19H13ClN2O. The first-order valence-corrected chi connectivity index (χ1v) is 7.72. The van der Waals surface area contributed by atoms with Crippen molar-refractivity contribution < 1.29 is 4.52 Å². The fourth-order valence-electron chi connectivity index (χ4n) is 2.65. The van der Waals surface area contributed by atoms with E-state index in [1.165, 1.54) is 16.3 Å². The van der Waals surface area contributed by atoms with Crippen LogP contribution in [-0.4, -0.2) is 10.1 Å². The Morgan fingerprint density at radius 3 is 2.52 bits per heavy atom. The highest BCUT2D eigenvalue weighted by atomic mass is 35.5. The zero-order chi connectivity index (χ0) is 15.6. The lowest BCUT2D eigenvalue weighted by Crippen LogP contribution is -1.90. The van der Waals surface area contributed by atoms with Gasteiger partial charge in [0.25, 0.3) is 0 Å². The van der Waals surface area contributed by atoms with Crippen molar-refractivity contribution in [1.82, 2.24) is 10.1 Å². The maximum atomic E-state index is 5.90. The lowest BCUT2D eigenvalue weighted by molar-refractivity contribution is 0.386. The van der Waals surface area contributed by atoms with Crippen molar-refractivity contribution in [3.63, 3.8) is 0 Å². The Labute approximate surface area is 138 Å². The lowest BCUT2D eigenvalue weighted by Gasteiger charge is -2.03. The van der Waals surface area contributed by atoms with Gasteiger partial charge in [-0.1, -0.05) is 59.2 Å². The predicted molar refractivity (Wildman–Crippen MR) is 91.5 cm³/mol. The molecule has 0 atom stereocenters. The fourth-order valence-corrected chi connectivity index (χ4v) is 2.78. The third-order valence-electron chi connectivity index (χ3n) is 3.79. The Bertz CT molecular complexity index is 955. The minimum absolute atomic E-state index is 0.580. The largest absolute Gasteiger partial charge is 0.339 e. The highest BCUT2D eigenvalue weighted by Gasteiger charge is 2.10. The number of hydrogen-bond donors (Lipinski definition) is 0. The molecule has 0 aliphatic carbocycles. The summed E-state index contributed by atoms with van der Waals surface area (Å²) in [5, 5.41) is 7.17. The standard InChI is InChI=1S/C19H13ClN2O/c20-16-10-8-14(9-11-16)19-21-18(23-22-19)12-15-6-3-5-13-4-1-2-7-17(13)15/h1-11H,12H2. The lowest BCUT2D eigenvalue weighted by atomic mass is 10.0. The van der Waals surface area contributed by atoms with Gasteiger partial charge in [-0.25, -0.2) is 0 Å². The Hall–Kier alpha value is -2.65. The predicted octanol–water partition coefficient (Wildman–Crippen LogP) is 5.13. The molecule has 1 heterocycles. The number of hydrogen-bond acceptors (Lipinski definition) is 3. The fraction of sp³-hybridized carbons (Fsp3) is 0.0526. The molecule has 3 aromatic carbocycles. The van der Waals surface area contributed by atoms with Crippen LogP contribution in [0.4, 0.5) is 0 Å². The van der Waals surface area contributed by atoms with Gasteiger partial charge in [-0.3, -0.25) is 0 Å². The maximum Gasteiger partial charge on any atom is 0.231 e. The van der Waals surface area contributed by atoms with Gasteiger partial charge in [-0.15, -0.1) is 0 Å². The van der Waals surface area contributed by atoms with Crippen LogP contribution in [0.5, 0.6) is 0 Å². The molecule has 23 heavy (non-hydrogen) atoms.